The molecule has 2 aromatic carbocycles. The Morgan fingerprint density at radius 2 is 1.67 bits per heavy atom. The van der Waals surface area contributed by atoms with Crippen LogP contribution in [0.1, 0.15) is 37.8 Å². The van der Waals surface area contributed by atoms with Crippen molar-refractivity contribution in [2.24, 2.45) is 11.8 Å². The third-order valence-electron chi connectivity index (χ3n) is 6.92. The van der Waals surface area contributed by atoms with Crippen LogP contribution in [-0.2, 0) is 9.47 Å². The summed E-state index contributed by atoms with van der Waals surface area (Å²) >= 11 is 0. The maximum atomic E-state index is 12.6. The third-order valence-corrected chi connectivity index (χ3v) is 6.92. The van der Waals surface area contributed by atoms with E-state index in [0.29, 0.717) is 6.54 Å². The van der Waals surface area contributed by atoms with Crippen LogP contribution in [0.5, 0.6) is 0 Å². The number of nitrogens with one attached hydrogen (secondary N) is 1. The Morgan fingerprint density at radius 1 is 1.06 bits per heavy atom. The number of fused-ring (bicyclic) bond motifs is 4. The minimum atomic E-state index is -0.594. The molecule has 2 N–H and O–H groups in total. The number of carbonyl (C=O) groups is 2. The molecule has 0 aromatic heterocycles. The quantitative estimate of drug-likeness (QED) is 0.741. The predicted molar refractivity (Wildman–Crippen MR) is 123 cm³/mol. The number of rotatable bonds is 4. The molecule has 33 heavy (non-hydrogen) atoms. The molecule has 7 nitrogen and oxygen atoms in total. The van der Waals surface area contributed by atoms with Crippen LogP contribution >= 0.6 is 0 Å². The highest BCUT2D eigenvalue weighted by Crippen LogP contribution is 2.50. The van der Waals surface area contributed by atoms with Gasteiger partial charge in [0.1, 0.15) is 12.2 Å². The van der Waals surface area contributed by atoms with Crippen LogP contribution in [0.25, 0.3) is 11.1 Å². The van der Waals surface area contributed by atoms with Crippen molar-refractivity contribution in [2.45, 2.75) is 44.4 Å². The lowest BCUT2D eigenvalue weighted by Crippen LogP contribution is -2.47. The average Bonchev–Trinajstić information content (AvgIpc) is 3.15. The van der Waals surface area contributed by atoms with Crippen molar-refractivity contribution in [3.63, 3.8) is 0 Å². The normalized spacial score (nSPS) is 25.2. The summed E-state index contributed by atoms with van der Waals surface area (Å²) in [6.45, 7) is 6.00. The van der Waals surface area contributed by atoms with Crippen LogP contribution in [-0.4, -0.2) is 59.6 Å². The number of likely N-dealkylation sites (tertiary alicyclic amines) is 1. The molecule has 2 aliphatic carbocycles. The summed E-state index contributed by atoms with van der Waals surface area (Å²) in [7, 11) is 0. The van der Waals surface area contributed by atoms with E-state index >= 15 is 0 Å². The molecule has 0 unspecified atom stereocenters. The Labute approximate surface area is 193 Å². The summed E-state index contributed by atoms with van der Waals surface area (Å²) in [5.74, 6) is 0.132. The Hall–Kier alpha value is -3.06. The molecule has 0 bridgehead atoms. The van der Waals surface area contributed by atoms with E-state index in [2.05, 4.69) is 29.6 Å². The second-order valence-corrected chi connectivity index (χ2v) is 10.1. The SMILES string of the molecule is CC(C)(C)OC(=O)N1C[C@H]2[C@H](NC(=O)OCC3c4ccccc4-c4ccccc43)[C@H]2[C@@H]1CO. The second kappa shape index (κ2) is 8.06. The van der Waals surface area contributed by atoms with Gasteiger partial charge in [0.05, 0.1) is 12.6 Å². The highest BCUT2D eigenvalue weighted by atomic mass is 16.6. The van der Waals surface area contributed by atoms with Gasteiger partial charge in [-0.3, -0.25) is 0 Å². The average molecular weight is 451 g/mol. The van der Waals surface area contributed by atoms with Gasteiger partial charge >= 0.3 is 12.2 Å². The molecule has 2 fully saturated rings. The number of hydrogen-bond donors (Lipinski definition) is 2. The van der Waals surface area contributed by atoms with Gasteiger partial charge in [-0.15, -0.1) is 0 Å². The number of carbonyl (C=O) groups excluding carboxylic acids is 2. The van der Waals surface area contributed by atoms with Crippen molar-refractivity contribution in [3.05, 3.63) is 59.7 Å². The highest BCUT2D eigenvalue weighted by Gasteiger charge is 2.63. The number of amides is 2. The number of hydrogen-bond acceptors (Lipinski definition) is 5. The zero-order valence-electron chi connectivity index (χ0n) is 19.2. The topological polar surface area (TPSA) is 88.1 Å². The van der Waals surface area contributed by atoms with Gasteiger partial charge in [-0.05, 0) is 43.0 Å². The molecule has 0 radical (unpaired) electrons. The van der Waals surface area contributed by atoms with E-state index in [1.165, 1.54) is 22.3 Å². The maximum absolute atomic E-state index is 12.6. The summed E-state index contributed by atoms with van der Waals surface area (Å²) in [6.07, 6.45) is -0.884. The molecule has 3 aliphatic rings. The van der Waals surface area contributed by atoms with E-state index in [9.17, 15) is 14.7 Å². The Kier molecular flexibility index (Phi) is 5.32. The van der Waals surface area contributed by atoms with Crippen molar-refractivity contribution in [1.29, 1.82) is 0 Å². The number of alkyl carbamates (subject to hydrolysis) is 1. The first kappa shape index (κ1) is 21.8. The van der Waals surface area contributed by atoms with Crippen LogP contribution in [0.2, 0.25) is 0 Å². The second-order valence-electron chi connectivity index (χ2n) is 10.1. The molecule has 0 spiro atoms. The van der Waals surface area contributed by atoms with Crippen molar-refractivity contribution in [3.8, 4) is 11.1 Å². The summed E-state index contributed by atoms with van der Waals surface area (Å²) in [5, 5.41) is 12.8. The van der Waals surface area contributed by atoms with Crippen LogP contribution in [0.3, 0.4) is 0 Å². The molecule has 5 rings (SSSR count). The zero-order chi connectivity index (χ0) is 23.3. The minimum absolute atomic E-state index is 0.00898. The largest absolute Gasteiger partial charge is 0.449 e. The number of nitrogens with zero attached hydrogens (tertiary/aromatic N) is 1. The van der Waals surface area contributed by atoms with Gasteiger partial charge in [-0.25, -0.2) is 9.59 Å². The van der Waals surface area contributed by atoms with Crippen molar-refractivity contribution < 1.29 is 24.2 Å². The minimum Gasteiger partial charge on any atom is -0.449 e. The van der Waals surface area contributed by atoms with E-state index in [4.69, 9.17) is 9.47 Å². The molecule has 2 amide bonds. The van der Waals surface area contributed by atoms with Gasteiger partial charge < -0.3 is 24.8 Å². The molecular formula is C26H30N2O5. The maximum Gasteiger partial charge on any atom is 0.410 e. The van der Waals surface area contributed by atoms with Gasteiger partial charge in [0.15, 0.2) is 0 Å². The van der Waals surface area contributed by atoms with Crippen LogP contribution < -0.4 is 5.32 Å². The lowest BCUT2D eigenvalue weighted by atomic mass is 9.98. The number of piperidine rings is 1. The van der Waals surface area contributed by atoms with E-state index in [0.717, 1.165) is 0 Å². The van der Waals surface area contributed by atoms with Gasteiger partial charge in [0.25, 0.3) is 0 Å². The predicted octanol–water partition coefficient (Wildman–Crippen LogP) is 3.75. The molecule has 1 saturated heterocycles. The molecule has 174 valence electrons. The van der Waals surface area contributed by atoms with E-state index in [1.54, 1.807) is 4.90 Å². The fourth-order valence-corrected chi connectivity index (χ4v) is 5.46. The molecule has 1 heterocycles. The van der Waals surface area contributed by atoms with Crippen LogP contribution in [0.15, 0.2) is 48.5 Å². The van der Waals surface area contributed by atoms with Crippen LogP contribution in [0, 0.1) is 11.8 Å². The molecule has 1 saturated carbocycles. The smallest absolute Gasteiger partial charge is 0.410 e. The highest BCUT2D eigenvalue weighted by molar-refractivity contribution is 5.79. The number of benzene rings is 2. The zero-order valence-corrected chi connectivity index (χ0v) is 19.2. The summed E-state index contributed by atoms with van der Waals surface area (Å²) in [4.78, 5) is 26.6. The van der Waals surface area contributed by atoms with Crippen molar-refractivity contribution in [1.82, 2.24) is 10.2 Å². The molecule has 2 aromatic rings. The van der Waals surface area contributed by atoms with Gasteiger partial charge in [-0.1, -0.05) is 48.5 Å². The van der Waals surface area contributed by atoms with E-state index in [1.807, 2.05) is 45.0 Å². The van der Waals surface area contributed by atoms with Crippen molar-refractivity contribution >= 4 is 12.2 Å². The van der Waals surface area contributed by atoms with E-state index < -0.39 is 17.8 Å². The number of ether oxygens (including phenoxy) is 2. The first-order valence-electron chi connectivity index (χ1n) is 11.5. The standard InChI is InChI=1S/C26H30N2O5/c1-26(2,3)33-25(31)28-12-19-22(21(28)13-29)23(19)27-24(30)32-14-20-17-10-6-4-8-15(17)16-9-5-7-11-18(16)20/h4-11,19-23,29H,12-14H2,1-3H3,(H,27,30)/t19-,21+,22-,23+/m1/s1. The third kappa shape index (κ3) is 3.95. The molecule has 1 aliphatic heterocycles. The van der Waals surface area contributed by atoms with Crippen LogP contribution in [0.4, 0.5) is 9.59 Å². The van der Waals surface area contributed by atoms with Gasteiger partial charge in [0, 0.05) is 30.3 Å². The van der Waals surface area contributed by atoms with E-state index in [-0.39, 0.29) is 43.1 Å². The first-order chi connectivity index (χ1) is 15.8. The summed E-state index contributed by atoms with van der Waals surface area (Å²) < 4.78 is 11.1. The molecule has 7 heteroatoms. The fraction of sp³-hybridized carbons (Fsp3) is 0.462. The van der Waals surface area contributed by atoms with Crippen molar-refractivity contribution in [2.75, 3.05) is 19.8 Å². The monoisotopic (exact) mass is 450 g/mol. The fourth-order valence-electron chi connectivity index (χ4n) is 5.46. The number of aliphatic hydroxyl groups is 1. The lowest BCUT2D eigenvalue weighted by molar-refractivity contribution is 0.0124. The van der Waals surface area contributed by atoms with Gasteiger partial charge in [-0.2, -0.15) is 0 Å². The molecular weight excluding hydrogens is 420 g/mol. The summed E-state index contributed by atoms with van der Waals surface area (Å²) in [5.41, 5.74) is 4.12. The first-order valence-corrected chi connectivity index (χ1v) is 11.5. The summed E-state index contributed by atoms with van der Waals surface area (Å²) in [6, 6.07) is 16.0. The Bertz CT molecular complexity index is 1030. The number of aliphatic hydroxyl groups excluding tert-OH is 1. The lowest BCUT2D eigenvalue weighted by Gasteiger charge is -2.30. The Balaban J connectivity index is 1.18. The Morgan fingerprint density at radius 3 is 2.24 bits per heavy atom. The molecule has 4 atom stereocenters. The van der Waals surface area contributed by atoms with Gasteiger partial charge in [0.2, 0.25) is 0 Å².